The number of amides is 1. The van der Waals surface area contributed by atoms with Gasteiger partial charge in [0.2, 0.25) is 5.91 Å². The van der Waals surface area contributed by atoms with Gasteiger partial charge in [0.15, 0.2) is 5.13 Å². The summed E-state index contributed by atoms with van der Waals surface area (Å²) in [6.07, 6.45) is 3.43. The summed E-state index contributed by atoms with van der Waals surface area (Å²) < 4.78 is 1.59. The number of nitrogens with zero attached hydrogens (tertiary/aromatic N) is 6. The molecule has 4 rings (SSSR count). The van der Waals surface area contributed by atoms with Gasteiger partial charge in [-0.2, -0.15) is 11.3 Å². The van der Waals surface area contributed by atoms with Crippen LogP contribution >= 0.6 is 22.7 Å². The summed E-state index contributed by atoms with van der Waals surface area (Å²) in [6.45, 7) is 0. The van der Waals surface area contributed by atoms with Gasteiger partial charge in [-0.25, -0.2) is 9.67 Å². The normalized spacial score (nSPS) is 12.0. The lowest BCUT2D eigenvalue weighted by molar-refractivity contribution is -0.116. The Morgan fingerprint density at radius 3 is 2.92 bits per heavy atom. The second-order valence-corrected chi connectivity index (χ2v) is 7.01. The Bertz CT molecular complexity index is 933. The summed E-state index contributed by atoms with van der Waals surface area (Å²) in [5.74, 6) is -0.154. The van der Waals surface area contributed by atoms with Gasteiger partial charge in [-0.1, -0.05) is 6.07 Å². The Balaban J connectivity index is 1.47. The minimum Gasteiger partial charge on any atom is -0.302 e. The summed E-state index contributed by atoms with van der Waals surface area (Å²) in [7, 11) is 0. The van der Waals surface area contributed by atoms with E-state index >= 15 is 0 Å². The van der Waals surface area contributed by atoms with E-state index in [2.05, 4.69) is 30.8 Å². The molecule has 8 nitrogen and oxygen atoms in total. The molecule has 0 aliphatic carbocycles. The highest BCUT2D eigenvalue weighted by Gasteiger charge is 2.20. The van der Waals surface area contributed by atoms with Crippen LogP contribution in [0.1, 0.15) is 18.0 Å². The van der Waals surface area contributed by atoms with Gasteiger partial charge in [-0.3, -0.25) is 9.78 Å². The van der Waals surface area contributed by atoms with Crippen molar-refractivity contribution < 1.29 is 4.79 Å². The van der Waals surface area contributed by atoms with Gasteiger partial charge in [-0.15, -0.1) is 16.4 Å². The second-order valence-electron chi connectivity index (χ2n) is 5.37. The number of rotatable bonds is 6. The molecule has 0 aromatic carbocycles. The van der Waals surface area contributed by atoms with E-state index in [9.17, 15) is 4.79 Å². The quantitative estimate of drug-likeness (QED) is 0.550. The van der Waals surface area contributed by atoms with Crippen LogP contribution in [-0.4, -0.2) is 36.1 Å². The largest absolute Gasteiger partial charge is 0.302 e. The van der Waals surface area contributed by atoms with Gasteiger partial charge in [0.1, 0.15) is 12.0 Å². The third-order valence-electron chi connectivity index (χ3n) is 3.67. The molecule has 0 unspecified atom stereocenters. The first-order valence-corrected chi connectivity index (χ1v) is 9.53. The van der Waals surface area contributed by atoms with Crippen molar-refractivity contribution in [1.29, 1.82) is 0 Å². The van der Waals surface area contributed by atoms with Crippen LogP contribution in [0, 0.1) is 0 Å². The first-order chi connectivity index (χ1) is 12.8. The summed E-state index contributed by atoms with van der Waals surface area (Å²) in [5.41, 5.74) is 2.50. The van der Waals surface area contributed by atoms with Gasteiger partial charge in [0.05, 0.1) is 18.2 Å². The number of nitrogens with one attached hydrogen (secondary N) is 1. The predicted molar refractivity (Wildman–Crippen MR) is 98.9 cm³/mol. The first-order valence-electron chi connectivity index (χ1n) is 7.71. The van der Waals surface area contributed by atoms with Gasteiger partial charge in [0.25, 0.3) is 0 Å². The highest BCUT2D eigenvalue weighted by atomic mass is 32.1. The fourth-order valence-corrected chi connectivity index (χ4v) is 3.88. The summed E-state index contributed by atoms with van der Waals surface area (Å²) in [6, 6.07) is 7.34. The molecule has 1 atom stereocenters. The molecule has 10 heteroatoms. The molecule has 0 spiro atoms. The number of hydrogen-bond acceptors (Lipinski definition) is 8. The Hall–Kier alpha value is -2.98. The molecule has 26 heavy (non-hydrogen) atoms. The van der Waals surface area contributed by atoms with Gasteiger partial charge < -0.3 is 5.32 Å². The van der Waals surface area contributed by atoms with E-state index in [-0.39, 0.29) is 18.4 Å². The molecule has 4 heterocycles. The van der Waals surface area contributed by atoms with Crippen molar-refractivity contribution in [2.45, 2.75) is 12.5 Å². The Morgan fingerprint density at radius 1 is 1.23 bits per heavy atom. The average molecular weight is 383 g/mol. The van der Waals surface area contributed by atoms with Crippen LogP contribution in [0.25, 0.3) is 11.4 Å². The van der Waals surface area contributed by atoms with Crippen LogP contribution in [-0.2, 0) is 4.79 Å². The summed E-state index contributed by atoms with van der Waals surface area (Å²) >= 11 is 2.93. The van der Waals surface area contributed by atoms with Crippen LogP contribution in [0.5, 0.6) is 0 Å². The van der Waals surface area contributed by atoms with E-state index in [1.807, 2.05) is 40.4 Å². The topological polar surface area (TPSA) is 98.5 Å². The zero-order valence-electron chi connectivity index (χ0n) is 13.4. The van der Waals surface area contributed by atoms with Crippen LogP contribution in [0.2, 0.25) is 0 Å². The predicted octanol–water partition coefficient (Wildman–Crippen LogP) is 2.87. The van der Waals surface area contributed by atoms with Gasteiger partial charge in [0, 0.05) is 11.6 Å². The number of tetrazole rings is 1. The Kier molecular flexibility index (Phi) is 4.75. The van der Waals surface area contributed by atoms with E-state index in [1.165, 1.54) is 17.7 Å². The number of anilines is 1. The van der Waals surface area contributed by atoms with Crippen molar-refractivity contribution in [3.63, 3.8) is 0 Å². The van der Waals surface area contributed by atoms with Crippen LogP contribution in [0.15, 0.2) is 52.9 Å². The van der Waals surface area contributed by atoms with E-state index in [1.54, 1.807) is 22.2 Å². The lowest BCUT2D eigenvalue weighted by Gasteiger charge is -2.14. The van der Waals surface area contributed by atoms with E-state index in [0.717, 1.165) is 17.0 Å². The Morgan fingerprint density at radius 2 is 2.19 bits per heavy atom. The third kappa shape index (κ3) is 3.65. The van der Waals surface area contributed by atoms with Crippen molar-refractivity contribution in [2.75, 3.05) is 5.32 Å². The number of thiazole rings is 1. The maximum Gasteiger partial charge on any atom is 0.228 e. The molecule has 0 aliphatic heterocycles. The van der Waals surface area contributed by atoms with Crippen molar-refractivity contribution in [2.24, 2.45) is 0 Å². The molecule has 1 amide bonds. The average Bonchev–Trinajstić information content (AvgIpc) is 3.42. The number of aromatic nitrogens is 6. The van der Waals surface area contributed by atoms with Crippen LogP contribution in [0.4, 0.5) is 5.13 Å². The fraction of sp³-hybridized carbons (Fsp3) is 0.125. The van der Waals surface area contributed by atoms with E-state index in [0.29, 0.717) is 5.13 Å². The molecular weight excluding hydrogens is 370 g/mol. The molecule has 4 aromatic heterocycles. The molecule has 1 N–H and O–H groups in total. The molecule has 0 fully saturated rings. The highest BCUT2D eigenvalue weighted by Crippen LogP contribution is 2.26. The second kappa shape index (κ2) is 7.50. The molecule has 0 radical (unpaired) electrons. The van der Waals surface area contributed by atoms with Crippen LogP contribution < -0.4 is 5.32 Å². The summed E-state index contributed by atoms with van der Waals surface area (Å²) in [5, 5.41) is 20.5. The standard InChI is InChI=1S/C16H13N7OS2/c24-15(7-14(11-4-6-25-8-11)23-10-18-21-22-23)20-16-19-13(9-26-16)12-3-1-2-5-17-12/h1-6,8-10,14H,7H2,(H,19,20,24)/t14-/m1/s1. The zero-order valence-corrected chi connectivity index (χ0v) is 15.0. The van der Waals surface area contributed by atoms with Crippen LogP contribution in [0.3, 0.4) is 0 Å². The molecule has 0 aliphatic rings. The number of carbonyl (C=O) groups is 1. The van der Waals surface area contributed by atoms with Crippen molar-refractivity contribution in [3.05, 3.63) is 58.5 Å². The SMILES string of the molecule is O=C(C[C@H](c1ccsc1)n1cnnn1)Nc1nc(-c2ccccn2)cs1. The maximum absolute atomic E-state index is 12.5. The zero-order chi connectivity index (χ0) is 17.8. The number of thiophene rings is 1. The number of pyridine rings is 1. The lowest BCUT2D eigenvalue weighted by Crippen LogP contribution is -2.20. The van der Waals surface area contributed by atoms with Crippen molar-refractivity contribution in [1.82, 2.24) is 30.2 Å². The maximum atomic E-state index is 12.5. The highest BCUT2D eigenvalue weighted by molar-refractivity contribution is 7.14. The fourth-order valence-electron chi connectivity index (χ4n) is 2.45. The molecule has 0 bridgehead atoms. The van der Waals surface area contributed by atoms with Crippen molar-refractivity contribution in [3.8, 4) is 11.4 Å². The minimum absolute atomic E-state index is 0.154. The third-order valence-corrected chi connectivity index (χ3v) is 5.13. The molecular formula is C16H13N7OS2. The number of hydrogen-bond donors (Lipinski definition) is 1. The molecule has 130 valence electrons. The van der Waals surface area contributed by atoms with E-state index in [4.69, 9.17) is 0 Å². The first kappa shape index (κ1) is 16.5. The summed E-state index contributed by atoms with van der Waals surface area (Å²) in [4.78, 5) is 21.2. The molecule has 4 aromatic rings. The van der Waals surface area contributed by atoms with Gasteiger partial charge in [-0.05, 0) is 44.9 Å². The lowest BCUT2D eigenvalue weighted by atomic mass is 10.1. The smallest absolute Gasteiger partial charge is 0.228 e. The molecule has 0 saturated heterocycles. The van der Waals surface area contributed by atoms with Gasteiger partial charge >= 0.3 is 0 Å². The monoisotopic (exact) mass is 383 g/mol. The Labute approximate surface area is 156 Å². The minimum atomic E-state index is -0.258. The van der Waals surface area contributed by atoms with Crippen molar-refractivity contribution >= 4 is 33.7 Å². The molecule has 0 saturated carbocycles. The van der Waals surface area contributed by atoms with E-state index < -0.39 is 0 Å². The number of carbonyl (C=O) groups excluding carboxylic acids is 1.